The van der Waals surface area contributed by atoms with Gasteiger partial charge in [0.25, 0.3) is 0 Å². The number of benzene rings is 2. The van der Waals surface area contributed by atoms with E-state index in [1.165, 1.54) is 5.56 Å². The van der Waals surface area contributed by atoms with Crippen molar-refractivity contribution in [2.75, 3.05) is 18.0 Å². The fourth-order valence-corrected chi connectivity index (χ4v) is 4.01. The Labute approximate surface area is 164 Å². The van der Waals surface area contributed by atoms with Crippen molar-refractivity contribution >= 4 is 29.1 Å². The van der Waals surface area contributed by atoms with Crippen molar-refractivity contribution in [1.29, 1.82) is 0 Å². The predicted octanol–water partition coefficient (Wildman–Crippen LogP) is 3.86. The molecule has 0 unspecified atom stereocenters. The van der Waals surface area contributed by atoms with Crippen LogP contribution in [0.3, 0.4) is 0 Å². The normalized spacial score (nSPS) is 16.7. The molecule has 27 heavy (non-hydrogen) atoms. The number of hydrogen-bond donors (Lipinski definition) is 1. The molecule has 0 saturated heterocycles. The van der Waals surface area contributed by atoms with E-state index in [0.29, 0.717) is 24.4 Å². The summed E-state index contributed by atoms with van der Waals surface area (Å²) in [6, 6.07) is 15.6. The molecule has 0 aromatic heterocycles. The predicted molar refractivity (Wildman–Crippen MR) is 107 cm³/mol. The Kier molecular flexibility index (Phi) is 4.92. The molecule has 2 aromatic carbocycles. The number of nitrogens with zero attached hydrogens (tertiary/aromatic N) is 1. The highest BCUT2D eigenvalue weighted by molar-refractivity contribution is 6.30. The van der Waals surface area contributed by atoms with E-state index in [9.17, 15) is 9.59 Å². The van der Waals surface area contributed by atoms with E-state index in [0.717, 1.165) is 37.1 Å². The lowest BCUT2D eigenvalue weighted by molar-refractivity contribution is -0.124. The Bertz CT molecular complexity index is 859. The number of para-hydroxylation sites is 1. The van der Waals surface area contributed by atoms with Gasteiger partial charge in [0, 0.05) is 30.2 Å². The lowest BCUT2D eigenvalue weighted by Crippen LogP contribution is -2.36. The minimum Gasteiger partial charge on any atom is -0.355 e. The first kappa shape index (κ1) is 18.1. The number of carbonyl (C=O) groups excluding carboxylic acids is 2. The van der Waals surface area contributed by atoms with Crippen LogP contribution in [0.4, 0.5) is 5.69 Å². The van der Waals surface area contributed by atoms with Crippen LogP contribution in [-0.4, -0.2) is 24.9 Å². The summed E-state index contributed by atoms with van der Waals surface area (Å²) < 4.78 is 0. The Morgan fingerprint density at radius 3 is 2.56 bits per heavy atom. The van der Waals surface area contributed by atoms with E-state index >= 15 is 0 Å². The molecular formula is C22H23ClN2O2. The van der Waals surface area contributed by atoms with Crippen molar-refractivity contribution in [1.82, 2.24) is 5.32 Å². The van der Waals surface area contributed by atoms with Crippen LogP contribution in [0.5, 0.6) is 0 Å². The van der Waals surface area contributed by atoms with Gasteiger partial charge < -0.3 is 10.2 Å². The molecule has 1 N–H and O–H groups in total. The van der Waals surface area contributed by atoms with Gasteiger partial charge in [-0.25, -0.2) is 0 Å². The molecule has 5 heteroatoms. The summed E-state index contributed by atoms with van der Waals surface area (Å²) in [5.74, 6) is 0.192. The molecule has 4 nitrogen and oxygen atoms in total. The number of fused-ring (bicyclic) bond motifs is 1. The standard InChI is InChI=1S/C22H23ClN2O2/c23-18-9-7-17(8-10-18)22(12-13-22)21(27)24-14-3-6-20(26)25-15-11-16-4-1-2-5-19(16)25/h1-2,4-5,7-10H,3,6,11-15H2,(H,24,27). The minimum atomic E-state index is -0.400. The van der Waals surface area contributed by atoms with Crippen molar-refractivity contribution in [3.05, 3.63) is 64.7 Å². The van der Waals surface area contributed by atoms with Crippen molar-refractivity contribution in [3.8, 4) is 0 Å². The third-order valence-electron chi connectivity index (χ3n) is 5.62. The third kappa shape index (κ3) is 3.59. The van der Waals surface area contributed by atoms with Gasteiger partial charge in [0.05, 0.1) is 5.41 Å². The van der Waals surface area contributed by atoms with Crippen LogP contribution in [0.2, 0.25) is 5.02 Å². The van der Waals surface area contributed by atoms with Gasteiger partial charge in [-0.3, -0.25) is 9.59 Å². The number of nitrogens with one attached hydrogen (secondary N) is 1. The Balaban J connectivity index is 1.26. The minimum absolute atomic E-state index is 0.0591. The lowest BCUT2D eigenvalue weighted by atomic mass is 9.95. The second kappa shape index (κ2) is 7.35. The van der Waals surface area contributed by atoms with Crippen molar-refractivity contribution in [3.63, 3.8) is 0 Å². The first-order valence-corrected chi connectivity index (χ1v) is 9.91. The molecule has 140 valence electrons. The topological polar surface area (TPSA) is 49.4 Å². The highest BCUT2D eigenvalue weighted by atomic mass is 35.5. The summed E-state index contributed by atoms with van der Waals surface area (Å²) >= 11 is 5.94. The molecular weight excluding hydrogens is 360 g/mol. The summed E-state index contributed by atoms with van der Waals surface area (Å²) in [7, 11) is 0. The van der Waals surface area contributed by atoms with E-state index in [2.05, 4.69) is 11.4 Å². The van der Waals surface area contributed by atoms with Gasteiger partial charge in [0.1, 0.15) is 0 Å². The van der Waals surface area contributed by atoms with E-state index in [-0.39, 0.29) is 11.8 Å². The van der Waals surface area contributed by atoms with Crippen molar-refractivity contribution < 1.29 is 9.59 Å². The molecule has 4 rings (SSSR count). The van der Waals surface area contributed by atoms with Gasteiger partial charge in [0.15, 0.2) is 0 Å². The molecule has 2 aromatic rings. The summed E-state index contributed by atoms with van der Waals surface area (Å²) in [5, 5.41) is 3.70. The molecule has 0 atom stereocenters. The molecule has 0 spiro atoms. The highest BCUT2D eigenvalue weighted by Gasteiger charge is 2.50. The molecule has 2 aliphatic rings. The Morgan fingerprint density at radius 2 is 1.81 bits per heavy atom. The maximum absolute atomic E-state index is 12.6. The van der Waals surface area contributed by atoms with Crippen LogP contribution >= 0.6 is 11.6 Å². The van der Waals surface area contributed by atoms with Gasteiger partial charge in [-0.15, -0.1) is 0 Å². The van der Waals surface area contributed by atoms with E-state index < -0.39 is 5.41 Å². The SMILES string of the molecule is O=C(CCCNC(=O)C1(c2ccc(Cl)cc2)CC1)N1CCc2ccccc21. The number of halogens is 1. The fraction of sp³-hybridized carbons (Fsp3) is 0.364. The maximum atomic E-state index is 12.6. The van der Waals surface area contributed by atoms with Crippen molar-refractivity contribution in [2.45, 2.75) is 37.5 Å². The first-order valence-electron chi connectivity index (χ1n) is 9.53. The van der Waals surface area contributed by atoms with Crippen LogP contribution in [0.1, 0.15) is 36.8 Å². The largest absolute Gasteiger partial charge is 0.355 e. The Morgan fingerprint density at radius 1 is 1.07 bits per heavy atom. The van der Waals surface area contributed by atoms with Crippen LogP contribution in [0.15, 0.2) is 48.5 Å². The Hall–Kier alpha value is -2.33. The summed E-state index contributed by atoms with van der Waals surface area (Å²) in [5.41, 5.74) is 2.89. The van der Waals surface area contributed by atoms with Crippen molar-refractivity contribution in [2.24, 2.45) is 0 Å². The fourth-order valence-electron chi connectivity index (χ4n) is 3.88. The second-order valence-corrected chi connectivity index (χ2v) is 7.81. The second-order valence-electron chi connectivity index (χ2n) is 7.37. The molecule has 1 aliphatic carbocycles. The van der Waals surface area contributed by atoms with Crippen LogP contribution in [0, 0.1) is 0 Å². The average Bonchev–Trinajstić information content (AvgIpc) is 3.38. The summed E-state index contributed by atoms with van der Waals surface area (Å²) in [6.45, 7) is 1.28. The van der Waals surface area contributed by atoms with Crippen LogP contribution < -0.4 is 10.2 Å². The van der Waals surface area contributed by atoms with Gasteiger partial charge in [-0.2, -0.15) is 0 Å². The van der Waals surface area contributed by atoms with Crippen LogP contribution in [0.25, 0.3) is 0 Å². The molecule has 2 amide bonds. The molecule has 1 heterocycles. The number of carbonyl (C=O) groups is 2. The molecule has 0 radical (unpaired) electrons. The summed E-state index contributed by atoms with van der Waals surface area (Å²) in [4.78, 5) is 27.0. The zero-order chi connectivity index (χ0) is 18.9. The number of hydrogen-bond acceptors (Lipinski definition) is 2. The molecule has 1 fully saturated rings. The molecule has 0 bridgehead atoms. The molecule has 1 aliphatic heterocycles. The van der Waals surface area contributed by atoms with Gasteiger partial charge in [-0.1, -0.05) is 41.9 Å². The van der Waals surface area contributed by atoms with Crippen LogP contribution in [-0.2, 0) is 21.4 Å². The monoisotopic (exact) mass is 382 g/mol. The lowest BCUT2D eigenvalue weighted by Gasteiger charge is -2.18. The van der Waals surface area contributed by atoms with E-state index in [4.69, 9.17) is 11.6 Å². The number of anilines is 1. The summed E-state index contributed by atoms with van der Waals surface area (Å²) in [6.07, 6.45) is 3.75. The zero-order valence-electron chi connectivity index (χ0n) is 15.2. The zero-order valence-corrected chi connectivity index (χ0v) is 16.0. The highest BCUT2D eigenvalue weighted by Crippen LogP contribution is 2.48. The van der Waals surface area contributed by atoms with Gasteiger partial charge in [0.2, 0.25) is 11.8 Å². The van der Waals surface area contributed by atoms with Gasteiger partial charge >= 0.3 is 0 Å². The van der Waals surface area contributed by atoms with E-state index in [1.807, 2.05) is 47.4 Å². The van der Waals surface area contributed by atoms with Gasteiger partial charge in [-0.05, 0) is 55.0 Å². The first-order chi connectivity index (χ1) is 13.1. The number of amides is 2. The maximum Gasteiger partial charge on any atom is 0.230 e. The van der Waals surface area contributed by atoms with E-state index in [1.54, 1.807) is 0 Å². The smallest absolute Gasteiger partial charge is 0.230 e. The third-order valence-corrected chi connectivity index (χ3v) is 5.87. The molecule has 1 saturated carbocycles. The average molecular weight is 383 g/mol. The number of rotatable bonds is 6. The quantitative estimate of drug-likeness (QED) is 0.771.